The predicted octanol–water partition coefficient (Wildman–Crippen LogP) is 3.51. The molecule has 0 aliphatic heterocycles. The second kappa shape index (κ2) is 4.74. The van der Waals surface area contributed by atoms with E-state index in [4.69, 9.17) is 4.74 Å². The topological polar surface area (TPSA) is 22.1 Å². The number of hydrogen-bond donors (Lipinski definition) is 0. The molecule has 1 saturated carbocycles. The molecule has 1 fully saturated rings. The summed E-state index contributed by atoms with van der Waals surface area (Å²) in [6.07, 6.45) is 3.48. The summed E-state index contributed by atoms with van der Waals surface area (Å²) in [6.45, 7) is 4.95. The number of ether oxygens (including phenoxy) is 1. The summed E-state index contributed by atoms with van der Waals surface area (Å²) in [5.41, 5.74) is 2.53. The molecule has 0 radical (unpaired) electrons. The number of pyridine rings is 1. The molecule has 1 aromatic heterocycles. The molecule has 16 heavy (non-hydrogen) atoms. The summed E-state index contributed by atoms with van der Waals surface area (Å²) in [7, 11) is 0. The standard InChI is InChI=1S/C13H18BrNO/c1-3-11-12(5-4-10(2)15-11)16-9-13(8-14)6-7-13/h4-5H,3,6-9H2,1-2H3. The Morgan fingerprint density at radius 1 is 1.44 bits per heavy atom. The van der Waals surface area contributed by atoms with Gasteiger partial charge in [0.05, 0.1) is 12.3 Å². The number of aromatic nitrogens is 1. The SMILES string of the molecule is CCc1nc(C)ccc1OCC1(CBr)CC1. The van der Waals surface area contributed by atoms with Gasteiger partial charge in [-0.1, -0.05) is 22.9 Å². The van der Waals surface area contributed by atoms with E-state index in [0.29, 0.717) is 5.41 Å². The molecular formula is C13H18BrNO. The third kappa shape index (κ3) is 2.57. The van der Waals surface area contributed by atoms with Crippen LogP contribution in [0.25, 0.3) is 0 Å². The number of aryl methyl sites for hydroxylation is 2. The number of nitrogens with zero attached hydrogens (tertiary/aromatic N) is 1. The Morgan fingerprint density at radius 3 is 2.75 bits per heavy atom. The molecule has 0 aromatic carbocycles. The fourth-order valence-electron chi connectivity index (χ4n) is 1.71. The Labute approximate surface area is 106 Å². The average molecular weight is 284 g/mol. The minimum Gasteiger partial charge on any atom is -0.491 e. The Bertz CT molecular complexity index is 374. The minimum atomic E-state index is 0.399. The first kappa shape index (κ1) is 11.9. The summed E-state index contributed by atoms with van der Waals surface area (Å²) in [6, 6.07) is 4.06. The maximum atomic E-state index is 5.91. The molecule has 0 spiro atoms. The molecule has 0 saturated heterocycles. The summed E-state index contributed by atoms with van der Waals surface area (Å²) >= 11 is 3.56. The highest BCUT2D eigenvalue weighted by Crippen LogP contribution is 2.47. The first-order valence-electron chi connectivity index (χ1n) is 5.84. The second-order valence-electron chi connectivity index (χ2n) is 4.67. The first-order chi connectivity index (χ1) is 7.69. The molecule has 1 heterocycles. The van der Waals surface area contributed by atoms with Crippen molar-refractivity contribution in [2.45, 2.75) is 33.1 Å². The van der Waals surface area contributed by atoms with Crippen molar-refractivity contribution in [3.05, 3.63) is 23.5 Å². The molecule has 2 rings (SSSR count). The molecule has 0 N–H and O–H groups in total. The van der Waals surface area contributed by atoms with Crippen LogP contribution >= 0.6 is 15.9 Å². The van der Waals surface area contributed by atoms with Crippen LogP contribution in [0, 0.1) is 12.3 Å². The van der Waals surface area contributed by atoms with E-state index in [0.717, 1.165) is 35.5 Å². The first-order valence-corrected chi connectivity index (χ1v) is 6.96. The largest absolute Gasteiger partial charge is 0.491 e. The number of halogens is 1. The maximum absolute atomic E-state index is 5.91. The molecule has 3 heteroatoms. The molecule has 1 aromatic rings. The van der Waals surface area contributed by atoms with E-state index in [1.807, 2.05) is 19.1 Å². The van der Waals surface area contributed by atoms with E-state index in [1.54, 1.807) is 0 Å². The van der Waals surface area contributed by atoms with Gasteiger partial charge in [-0.15, -0.1) is 0 Å². The van der Waals surface area contributed by atoms with Crippen LogP contribution < -0.4 is 4.74 Å². The van der Waals surface area contributed by atoms with Crippen molar-refractivity contribution in [3.63, 3.8) is 0 Å². The highest BCUT2D eigenvalue weighted by molar-refractivity contribution is 9.09. The zero-order valence-electron chi connectivity index (χ0n) is 9.92. The van der Waals surface area contributed by atoms with E-state index in [2.05, 4.69) is 27.8 Å². The zero-order chi connectivity index (χ0) is 11.6. The van der Waals surface area contributed by atoms with Crippen LogP contribution in [0.5, 0.6) is 5.75 Å². The van der Waals surface area contributed by atoms with Crippen LogP contribution in [0.3, 0.4) is 0 Å². The van der Waals surface area contributed by atoms with Gasteiger partial charge in [-0.25, -0.2) is 0 Å². The Kier molecular flexibility index (Phi) is 3.53. The monoisotopic (exact) mass is 283 g/mol. The van der Waals surface area contributed by atoms with Crippen LogP contribution in [0.1, 0.15) is 31.2 Å². The van der Waals surface area contributed by atoms with Crippen molar-refractivity contribution in [3.8, 4) is 5.75 Å². The lowest BCUT2D eigenvalue weighted by Crippen LogP contribution is -2.15. The van der Waals surface area contributed by atoms with Gasteiger partial charge < -0.3 is 4.74 Å². The van der Waals surface area contributed by atoms with Gasteiger partial charge in [-0.05, 0) is 38.3 Å². The van der Waals surface area contributed by atoms with E-state index in [-0.39, 0.29) is 0 Å². The lowest BCUT2D eigenvalue weighted by atomic mass is 10.2. The van der Waals surface area contributed by atoms with Gasteiger partial charge >= 0.3 is 0 Å². The Balaban J connectivity index is 2.03. The zero-order valence-corrected chi connectivity index (χ0v) is 11.5. The van der Waals surface area contributed by atoms with E-state index in [9.17, 15) is 0 Å². The van der Waals surface area contributed by atoms with Crippen molar-refractivity contribution in [2.24, 2.45) is 5.41 Å². The normalized spacial score (nSPS) is 17.2. The van der Waals surface area contributed by atoms with Gasteiger partial charge in [0.2, 0.25) is 0 Å². The fourth-order valence-corrected chi connectivity index (χ4v) is 2.43. The van der Waals surface area contributed by atoms with Gasteiger partial charge in [-0.3, -0.25) is 4.98 Å². The van der Waals surface area contributed by atoms with Gasteiger partial charge in [0.1, 0.15) is 5.75 Å². The highest BCUT2D eigenvalue weighted by atomic mass is 79.9. The fraction of sp³-hybridized carbons (Fsp3) is 0.615. The van der Waals surface area contributed by atoms with E-state index >= 15 is 0 Å². The van der Waals surface area contributed by atoms with E-state index < -0.39 is 0 Å². The number of hydrogen-bond acceptors (Lipinski definition) is 2. The smallest absolute Gasteiger partial charge is 0.140 e. The molecule has 1 aliphatic carbocycles. The van der Waals surface area contributed by atoms with Gasteiger partial charge in [0.25, 0.3) is 0 Å². The van der Waals surface area contributed by atoms with E-state index in [1.165, 1.54) is 12.8 Å². The van der Waals surface area contributed by atoms with Gasteiger partial charge in [0, 0.05) is 16.4 Å². The van der Waals surface area contributed by atoms with Crippen LogP contribution in [0.4, 0.5) is 0 Å². The van der Waals surface area contributed by atoms with Crippen LogP contribution in [0.15, 0.2) is 12.1 Å². The summed E-state index contributed by atoms with van der Waals surface area (Å²) in [4.78, 5) is 4.50. The molecule has 2 nitrogen and oxygen atoms in total. The lowest BCUT2D eigenvalue weighted by Gasteiger charge is -2.15. The minimum absolute atomic E-state index is 0.399. The number of alkyl halides is 1. The van der Waals surface area contributed by atoms with Crippen molar-refractivity contribution in [2.75, 3.05) is 11.9 Å². The van der Waals surface area contributed by atoms with Crippen molar-refractivity contribution < 1.29 is 4.74 Å². The molecule has 88 valence electrons. The second-order valence-corrected chi connectivity index (χ2v) is 5.23. The summed E-state index contributed by atoms with van der Waals surface area (Å²) in [5.74, 6) is 0.959. The van der Waals surface area contributed by atoms with Crippen molar-refractivity contribution in [1.82, 2.24) is 4.98 Å². The molecule has 0 unspecified atom stereocenters. The third-order valence-electron chi connectivity index (χ3n) is 3.18. The van der Waals surface area contributed by atoms with Crippen molar-refractivity contribution in [1.29, 1.82) is 0 Å². The third-order valence-corrected chi connectivity index (χ3v) is 4.37. The Morgan fingerprint density at radius 2 is 2.19 bits per heavy atom. The summed E-state index contributed by atoms with van der Waals surface area (Å²) in [5, 5.41) is 1.04. The number of rotatable bonds is 5. The predicted molar refractivity (Wildman–Crippen MR) is 69.3 cm³/mol. The Hall–Kier alpha value is -0.570. The highest BCUT2D eigenvalue weighted by Gasteiger charge is 2.42. The maximum Gasteiger partial charge on any atom is 0.140 e. The lowest BCUT2D eigenvalue weighted by molar-refractivity contribution is 0.248. The average Bonchev–Trinajstić information content (AvgIpc) is 3.08. The van der Waals surface area contributed by atoms with Crippen LogP contribution in [-0.2, 0) is 6.42 Å². The summed E-state index contributed by atoms with van der Waals surface area (Å²) < 4.78 is 5.91. The quantitative estimate of drug-likeness (QED) is 0.772. The van der Waals surface area contributed by atoms with Gasteiger partial charge in [-0.2, -0.15) is 0 Å². The molecule has 0 bridgehead atoms. The van der Waals surface area contributed by atoms with Gasteiger partial charge in [0.15, 0.2) is 0 Å². The molecule has 0 amide bonds. The molecule has 0 atom stereocenters. The molecular weight excluding hydrogens is 266 g/mol. The van der Waals surface area contributed by atoms with Crippen molar-refractivity contribution >= 4 is 15.9 Å². The van der Waals surface area contributed by atoms with Crippen LogP contribution in [-0.4, -0.2) is 16.9 Å². The van der Waals surface area contributed by atoms with Crippen LogP contribution in [0.2, 0.25) is 0 Å². The molecule has 1 aliphatic rings.